The van der Waals surface area contributed by atoms with Crippen molar-refractivity contribution in [1.29, 1.82) is 0 Å². The number of methoxy groups -OCH3 is 1. The number of aromatic nitrogens is 5. The Hall–Kier alpha value is -3.73. The summed E-state index contributed by atoms with van der Waals surface area (Å²) in [4.78, 5) is 12.4. The Bertz CT molecular complexity index is 1260. The molecule has 1 amide bonds. The van der Waals surface area contributed by atoms with Crippen molar-refractivity contribution in [2.24, 2.45) is 0 Å². The van der Waals surface area contributed by atoms with Crippen LogP contribution in [0.3, 0.4) is 0 Å². The average molecular weight is 469 g/mol. The molecule has 2 aromatic heterocycles. The number of benzene rings is 2. The molecule has 0 atom stereocenters. The predicted molar refractivity (Wildman–Crippen MR) is 121 cm³/mol. The van der Waals surface area contributed by atoms with Gasteiger partial charge < -0.3 is 9.15 Å². The maximum Gasteiger partial charge on any atom is 0.322 e. The number of hydrogen-bond donors (Lipinski definition) is 1. The van der Waals surface area contributed by atoms with E-state index in [9.17, 15) is 9.18 Å². The first kappa shape index (κ1) is 22.5. The number of amides is 1. The fraction of sp³-hybridized carbons (Fsp3) is 0.227. The third kappa shape index (κ3) is 5.03. The van der Waals surface area contributed by atoms with Crippen molar-refractivity contribution < 1.29 is 18.3 Å². The summed E-state index contributed by atoms with van der Waals surface area (Å²) in [6.07, 6.45) is 0. The molecule has 33 heavy (non-hydrogen) atoms. The minimum absolute atomic E-state index is 0.0193. The molecule has 0 unspecified atom stereocenters. The molecule has 0 aliphatic rings. The number of halogens is 1. The van der Waals surface area contributed by atoms with Crippen molar-refractivity contribution in [3.8, 4) is 22.8 Å². The second kappa shape index (κ2) is 9.82. The summed E-state index contributed by atoms with van der Waals surface area (Å²) in [5.41, 5.74) is 0.990. The van der Waals surface area contributed by atoms with Crippen LogP contribution < -0.4 is 10.1 Å². The number of rotatable bonds is 8. The van der Waals surface area contributed by atoms with Gasteiger partial charge in [0, 0.05) is 11.5 Å². The lowest BCUT2D eigenvalue weighted by Crippen LogP contribution is -2.15. The highest BCUT2D eigenvalue weighted by molar-refractivity contribution is 7.99. The molecule has 0 aliphatic carbocycles. The highest BCUT2D eigenvalue weighted by Crippen LogP contribution is 2.30. The molecule has 11 heteroatoms. The zero-order valence-electron chi connectivity index (χ0n) is 18.2. The average Bonchev–Trinajstić information content (AvgIpc) is 3.45. The number of ether oxygens (including phenoxy) is 1. The molecule has 1 N–H and O–H groups in total. The number of nitrogens with one attached hydrogen (secondary N) is 1. The van der Waals surface area contributed by atoms with Crippen LogP contribution in [-0.2, 0) is 4.79 Å². The number of nitrogens with zero attached hydrogens (tertiary/aromatic N) is 5. The van der Waals surface area contributed by atoms with Crippen LogP contribution in [0.2, 0.25) is 0 Å². The minimum Gasteiger partial charge on any atom is -0.497 e. The van der Waals surface area contributed by atoms with Gasteiger partial charge in [0.15, 0.2) is 11.0 Å². The fourth-order valence-electron chi connectivity index (χ4n) is 2.94. The lowest BCUT2D eigenvalue weighted by Gasteiger charge is -2.11. The van der Waals surface area contributed by atoms with Crippen LogP contribution in [-0.4, -0.2) is 43.7 Å². The molecule has 0 saturated carbocycles. The molecule has 0 fully saturated rings. The van der Waals surface area contributed by atoms with E-state index >= 15 is 0 Å². The number of anilines is 1. The van der Waals surface area contributed by atoms with E-state index in [1.807, 2.05) is 26.0 Å². The van der Waals surface area contributed by atoms with E-state index in [0.717, 1.165) is 17.3 Å². The van der Waals surface area contributed by atoms with E-state index in [1.54, 1.807) is 42.0 Å². The normalized spacial score (nSPS) is 11.1. The van der Waals surface area contributed by atoms with E-state index in [2.05, 4.69) is 25.7 Å². The summed E-state index contributed by atoms with van der Waals surface area (Å²) in [5, 5.41) is 19.1. The molecular formula is C22H21FN6O3S. The van der Waals surface area contributed by atoms with Crippen LogP contribution >= 0.6 is 11.8 Å². The zero-order chi connectivity index (χ0) is 23.4. The Morgan fingerprint density at radius 3 is 2.55 bits per heavy atom. The number of para-hydroxylation sites is 1. The number of hydrogen-bond acceptors (Lipinski definition) is 8. The van der Waals surface area contributed by atoms with Crippen molar-refractivity contribution in [3.05, 3.63) is 60.2 Å². The van der Waals surface area contributed by atoms with E-state index < -0.39 is 5.82 Å². The number of carbonyl (C=O) groups is 1. The summed E-state index contributed by atoms with van der Waals surface area (Å²) in [7, 11) is 1.58. The van der Waals surface area contributed by atoms with Crippen LogP contribution in [0, 0.1) is 5.82 Å². The zero-order valence-corrected chi connectivity index (χ0v) is 19.0. The van der Waals surface area contributed by atoms with Gasteiger partial charge in [-0.15, -0.1) is 15.3 Å². The van der Waals surface area contributed by atoms with E-state index in [-0.39, 0.29) is 29.3 Å². The number of thioether (sulfide) groups is 1. The van der Waals surface area contributed by atoms with E-state index in [1.165, 1.54) is 6.07 Å². The van der Waals surface area contributed by atoms with Crippen molar-refractivity contribution >= 4 is 23.7 Å². The molecule has 0 aliphatic heterocycles. The lowest BCUT2D eigenvalue weighted by atomic mass is 10.2. The van der Waals surface area contributed by atoms with E-state index in [0.29, 0.717) is 22.6 Å². The van der Waals surface area contributed by atoms with E-state index in [4.69, 9.17) is 9.15 Å². The smallest absolute Gasteiger partial charge is 0.322 e. The first-order valence-corrected chi connectivity index (χ1v) is 11.1. The third-order valence-corrected chi connectivity index (χ3v) is 5.52. The largest absolute Gasteiger partial charge is 0.497 e. The molecule has 170 valence electrons. The lowest BCUT2D eigenvalue weighted by molar-refractivity contribution is -0.113. The molecule has 0 bridgehead atoms. The molecule has 0 radical (unpaired) electrons. The second-order valence-electron chi connectivity index (χ2n) is 7.26. The summed E-state index contributed by atoms with van der Waals surface area (Å²) in [6, 6.07) is 13.5. The summed E-state index contributed by atoms with van der Waals surface area (Å²) in [6.45, 7) is 3.82. The first-order chi connectivity index (χ1) is 16.0. The minimum atomic E-state index is -0.439. The van der Waals surface area contributed by atoms with Gasteiger partial charge in [-0.2, -0.15) is 0 Å². The Morgan fingerprint density at radius 1 is 1.12 bits per heavy atom. The molecule has 4 rings (SSSR count). The Morgan fingerprint density at radius 2 is 1.88 bits per heavy atom. The van der Waals surface area contributed by atoms with Gasteiger partial charge in [-0.25, -0.2) is 4.39 Å². The Labute approximate surface area is 193 Å². The maximum absolute atomic E-state index is 14.7. The summed E-state index contributed by atoms with van der Waals surface area (Å²) in [5.74, 6) is 0.773. The standard InChI is InChI=1S/C22H21FN6O3S/c1-13(2)20-26-27-21(32-20)24-18(30)12-33-22-28-25-19(14-8-10-15(31-3)11-9-14)29(22)17-7-5-4-6-16(17)23/h4-11,13H,12H2,1-3H3,(H,24,27,30). The first-order valence-electron chi connectivity index (χ1n) is 10.1. The van der Waals surface area contributed by atoms with Gasteiger partial charge in [-0.05, 0) is 36.4 Å². The summed E-state index contributed by atoms with van der Waals surface area (Å²) < 4.78 is 26.9. The molecule has 0 saturated heterocycles. The molecule has 9 nitrogen and oxygen atoms in total. The van der Waals surface area contributed by atoms with Gasteiger partial charge in [0.1, 0.15) is 11.6 Å². The van der Waals surface area contributed by atoms with Crippen molar-refractivity contribution in [3.63, 3.8) is 0 Å². The van der Waals surface area contributed by atoms with Crippen LogP contribution in [0.1, 0.15) is 25.7 Å². The van der Waals surface area contributed by atoms with Crippen molar-refractivity contribution in [2.45, 2.75) is 24.9 Å². The molecule has 0 spiro atoms. The molecule has 2 aromatic carbocycles. The SMILES string of the molecule is COc1ccc(-c2nnc(SCC(=O)Nc3nnc(C(C)C)o3)n2-c2ccccc2F)cc1. The second-order valence-corrected chi connectivity index (χ2v) is 8.20. The van der Waals surface area contributed by atoms with Crippen molar-refractivity contribution in [2.75, 3.05) is 18.2 Å². The monoisotopic (exact) mass is 468 g/mol. The quantitative estimate of drug-likeness (QED) is 0.381. The van der Waals surface area contributed by atoms with Crippen LogP contribution in [0.25, 0.3) is 17.1 Å². The van der Waals surface area contributed by atoms with Gasteiger partial charge in [-0.3, -0.25) is 14.7 Å². The van der Waals surface area contributed by atoms with Crippen molar-refractivity contribution in [1.82, 2.24) is 25.0 Å². The highest BCUT2D eigenvalue weighted by atomic mass is 32.2. The van der Waals surface area contributed by atoms with Crippen LogP contribution in [0.5, 0.6) is 5.75 Å². The van der Waals surface area contributed by atoms with Gasteiger partial charge in [-0.1, -0.05) is 42.8 Å². The topological polar surface area (TPSA) is 108 Å². The van der Waals surface area contributed by atoms with Crippen LogP contribution in [0.4, 0.5) is 10.4 Å². The molecule has 2 heterocycles. The molecule has 4 aromatic rings. The summed E-state index contributed by atoms with van der Waals surface area (Å²) >= 11 is 1.11. The third-order valence-electron chi connectivity index (χ3n) is 4.59. The number of carbonyl (C=O) groups excluding carboxylic acids is 1. The molecular weight excluding hydrogens is 447 g/mol. The maximum atomic E-state index is 14.7. The van der Waals surface area contributed by atoms with Gasteiger partial charge in [0.05, 0.1) is 18.6 Å². The van der Waals surface area contributed by atoms with Gasteiger partial charge >= 0.3 is 6.01 Å². The predicted octanol–water partition coefficient (Wildman–Crippen LogP) is 4.32. The highest BCUT2D eigenvalue weighted by Gasteiger charge is 2.20. The van der Waals surface area contributed by atoms with Gasteiger partial charge in [0.2, 0.25) is 11.8 Å². The van der Waals surface area contributed by atoms with Gasteiger partial charge in [0.25, 0.3) is 0 Å². The Balaban J connectivity index is 1.59. The fourth-order valence-corrected chi connectivity index (χ4v) is 3.69. The Kier molecular flexibility index (Phi) is 6.68. The van der Waals surface area contributed by atoms with Crippen LogP contribution in [0.15, 0.2) is 58.1 Å².